The molecule has 0 spiro atoms. The zero-order valence-corrected chi connectivity index (χ0v) is 14.6. The van der Waals surface area contributed by atoms with E-state index in [1.54, 1.807) is 35.0 Å². The van der Waals surface area contributed by atoms with Gasteiger partial charge in [-0.25, -0.2) is 9.67 Å². The van der Waals surface area contributed by atoms with E-state index >= 15 is 0 Å². The van der Waals surface area contributed by atoms with E-state index in [1.807, 2.05) is 36.4 Å². The molecule has 0 radical (unpaired) electrons. The molecule has 0 aliphatic rings. The van der Waals surface area contributed by atoms with E-state index in [1.165, 1.54) is 13.2 Å². The second-order valence-corrected chi connectivity index (χ2v) is 5.91. The Balaban J connectivity index is 1.92. The number of phenols is 2. The summed E-state index contributed by atoms with van der Waals surface area (Å²) in [5.41, 5.74) is 1.82. The smallest absolute Gasteiger partial charge is 0.185 e. The minimum absolute atomic E-state index is 0.0170. The number of methoxy groups -OCH3 is 1. The topological polar surface area (TPSA) is 80.4 Å². The van der Waals surface area contributed by atoms with Gasteiger partial charge in [-0.15, -0.1) is 5.10 Å². The van der Waals surface area contributed by atoms with Gasteiger partial charge in [0.2, 0.25) is 0 Å². The van der Waals surface area contributed by atoms with Crippen LogP contribution in [-0.4, -0.2) is 32.1 Å². The fourth-order valence-corrected chi connectivity index (χ4v) is 2.84. The summed E-state index contributed by atoms with van der Waals surface area (Å²) >= 11 is 0. The maximum absolute atomic E-state index is 10.4. The Hall–Kier alpha value is -3.80. The van der Waals surface area contributed by atoms with Gasteiger partial charge in [0.05, 0.1) is 23.9 Å². The maximum Gasteiger partial charge on any atom is 0.185 e. The lowest BCUT2D eigenvalue weighted by Crippen LogP contribution is -1.99. The number of aromatic nitrogens is 3. The first kappa shape index (κ1) is 16.7. The summed E-state index contributed by atoms with van der Waals surface area (Å²) in [5, 5.41) is 25.2. The molecule has 0 atom stereocenters. The van der Waals surface area contributed by atoms with Crippen molar-refractivity contribution in [3.63, 3.8) is 0 Å². The Morgan fingerprint density at radius 3 is 2.26 bits per heavy atom. The molecular weight excluding hydrogens is 342 g/mol. The first-order valence-corrected chi connectivity index (χ1v) is 8.35. The van der Waals surface area contributed by atoms with Crippen LogP contribution in [0.3, 0.4) is 0 Å². The molecule has 27 heavy (non-hydrogen) atoms. The van der Waals surface area contributed by atoms with E-state index in [0.717, 1.165) is 5.69 Å². The van der Waals surface area contributed by atoms with Crippen molar-refractivity contribution in [3.05, 3.63) is 72.8 Å². The molecule has 0 bridgehead atoms. The van der Waals surface area contributed by atoms with Gasteiger partial charge >= 0.3 is 0 Å². The van der Waals surface area contributed by atoms with Crippen molar-refractivity contribution >= 4 is 0 Å². The molecule has 3 aromatic carbocycles. The van der Waals surface area contributed by atoms with Crippen molar-refractivity contribution < 1.29 is 14.9 Å². The summed E-state index contributed by atoms with van der Waals surface area (Å²) in [6.07, 6.45) is 0. The lowest BCUT2D eigenvalue weighted by molar-refractivity contribution is 0.408. The number of benzene rings is 3. The van der Waals surface area contributed by atoms with Crippen molar-refractivity contribution in [1.29, 1.82) is 0 Å². The van der Waals surface area contributed by atoms with Gasteiger partial charge in [-0.05, 0) is 36.4 Å². The first-order chi connectivity index (χ1) is 13.2. The van der Waals surface area contributed by atoms with E-state index < -0.39 is 0 Å². The summed E-state index contributed by atoms with van der Waals surface area (Å²) in [6, 6.07) is 21.4. The standard InChI is InChI=1S/C21H17N3O3/c1-27-15-11-12-16(19(26)13-15)20-22-21(17-9-5-6-10-18(17)25)24(23-20)14-7-3-2-4-8-14/h2-13,25-26H,1H3. The Bertz CT molecular complexity index is 1090. The summed E-state index contributed by atoms with van der Waals surface area (Å²) in [4.78, 5) is 4.60. The third-order valence-corrected chi connectivity index (χ3v) is 4.20. The third kappa shape index (κ3) is 3.08. The number of phenolic OH excluding ortho intramolecular Hbond substituents is 2. The van der Waals surface area contributed by atoms with Gasteiger partial charge in [-0.2, -0.15) is 0 Å². The van der Waals surface area contributed by atoms with Crippen molar-refractivity contribution in [2.45, 2.75) is 0 Å². The number of hydrogen-bond donors (Lipinski definition) is 2. The SMILES string of the molecule is COc1ccc(-c2nc(-c3ccccc3O)n(-c3ccccc3)n2)c(O)c1. The van der Waals surface area contributed by atoms with Gasteiger partial charge < -0.3 is 14.9 Å². The normalized spacial score (nSPS) is 10.7. The highest BCUT2D eigenvalue weighted by molar-refractivity contribution is 5.71. The van der Waals surface area contributed by atoms with Crippen LogP contribution in [0.5, 0.6) is 17.2 Å². The predicted octanol–water partition coefficient (Wildman–Crippen LogP) is 4.02. The number of rotatable bonds is 4. The highest BCUT2D eigenvalue weighted by Crippen LogP contribution is 2.34. The van der Waals surface area contributed by atoms with Gasteiger partial charge in [0, 0.05) is 6.07 Å². The Kier molecular flexibility index (Phi) is 4.22. The quantitative estimate of drug-likeness (QED) is 0.575. The average molecular weight is 359 g/mol. The minimum Gasteiger partial charge on any atom is -0.507 e. The Morgan fingerprint density at radius 1 is 0.815 bits per heavy atom. The van der Waals surface area contributed by atoms with Crippen molar-refractivity contribution in [2.24, 2.45) is 0 Å². The largest absolute Gasteiger partial charge is 0.507 e. The molecule has 4 aromatic rings. The molecule has 1 heterocycles. The molecule has 0 fully saturated rings. The zero-order chi connectivity index (χ0) is 18.8. The van der Waals surface area contributed by atoms with Crippen LogP contribution in [0.1, 0.15) is 0 Å². The van der Waals surface area contributed by atoms with Gasteiger partial charge in [0.25, 0.3) is 0 Å². The molecule has 6 nitrogen and oxygen atoms in total. The van der Waals surface area contributed by atoms with Gasteiger partial charge in [0.15, 0.2) is 11.6 Å². The van der Waals surface area contributed by atoms with Gasteiger partial charge in [0.1, 0.15) is 17.2 Å². The summed E-state index contributed by atoms with van der Waals surface area (Å²) < 4.78 is 6.78. The van der Waals surface area contributed by atoms with Crippen molar-refractivity contribution in [3.8, 4) is 45.7 Å². The fourth-order valence-electron chi connectivity index (χ4n) is 2.84. The molecule has 4 rings (SSSR count). The van der Waals surface area contributed by atoms with Crippen LogP contribution in [0, 0.1) is 0 Å². The number of para-hydroxylation sites is 2. The molecule has 2 N–H and O–H groups in total. The lowest BCUT2D eigenvalue weighted by Gasteiger charge is -2.06. The monoisotopic (exact) mass is 359 g/mol. The highest BCUT2D eigenvalue weighted by Gasteiger charge is 2.19. The molecule has 6 heteroatoms. The second kappa shape index (κ2) is 6.84. The lowest BCUT2D eigenvalue weighted by atomic mass is 10.1. The Labute approximate surface area is 155 Å². The van der Waals surface area contributed by atoms with Gasteiger partial charge in [-0.1, -0.05) is 30.3 Å². The fraction of sp³-hybridized carbons (Fsp3) is 0.0476. The van der Waals surface area contributed by atoms with E-state index in [0.29, 0.717) is 28.5 Å². The number of nitrogens with zero attached hydrogens (tertiary/aromatic N) is 3. The summed E-state index contributed by atoms with van der Waals surface area (Å²) in [6.45, 7) is 0. The van der Waals surface area contributed by atoms with E-state index in [2.05, 4.69) is 10.1 Å². The van der Waals surface area contributed by atoms with Crippen LogP contribution in [0.25, 0.3) is 28.5 Å². The number of hydrogen-bond acceptors (Lipinski definition) is 5. The van der Waals surface area contributed by atoms with Crippen molar-refractivity contribution in [2.75, 3.05) is 7.11 Å². The molecule has 0 aliphatic carbocycles. The minimum atomic E-state index is 0.0170. The molecule has 0 unspecified atom stereocenters. The van der Waals surface area contributed by atoms with Crippen LogP contribution in [-0.2, 0) is 0 Å². The summed E-state index contributed by atoms with van der Waals surface area (Å²) in [7, 11) is 1.53. The third-order valence-electron chi connectivity index (χ3n) is 4.20. The second-order valence-electron chi connectivity index (χ2n) is 5.91. The van der Waals surface area contributed by atoms with Crippen molar-refractivity contribution in [1.82, 2.24) is 14.8 Å². The van der Waals surface area contributed by atoms with Crippen LogP contribution in [0.4, 0.5) is 0 Å². The molecular formula is C21H17N3O3. The molecule has 134 valence electrons. The molecule has 0 amide bonds. The highest BCUT2D eigenvalue weighted by atomic mass is 16.5. The zero-order valence-electron chi connectivity index (χ0n) is 14.6. The number of ether oxygens (including phenoxy) is 1. The number of aromatic hydroxyl groups is 2. The van der Waals surface area contributed by atoms with Crippen LogP contribution >= 0.6 is 0 Å². The Morgan fingerprint density at radius 2 is 1.56 bits per heavy atom. The molecule has 0 saturated heterocycles. The van der Waals surface area contributed by atoms with Crippen LogP contribution < -0.4 is 4.74 Å². The summed E-state index contributed by atoms with van der Waals surface area (Å²) in [5.74, 6) is 1.48. The van der Waals surface area contributed by atoms with E-state index in [4.69, 9.17) is 4.74 Å². The molecule has 0 aliphatic heterocycles. The van der Waals surface area contributed by atoms with Crippen LogP contribution in [0.15, 0.2) is 72.8 Å². The van der Waals surface area contributed by atoms with E-state index in [-0.39, 0.29) is 11.5 Å². The maximum atomic E-state index is 10.4. The molecule has 1 aromatic heterocycles. The molecule has 0 saturated carbocycles. The van der Waals surface area contributed by atoms with E-state index in [9.17, 15) is 10.2 Å². The average Bonchev–Trinajstić information content (AvgIpc) is 3.13. The first-order valence-electron chi connectivity index (χ1n) is 8.35. The predicted molar refractivity (Wildman–Crippen MR) is 102 cm³/mol. The van der Waals surface area contributed by atoms with Crippen LogP contribution in [0.2, 0.25) is 0 Å². The van der Waals surface area contributed by atoms with Gasteiger partial charge in [-0.3, -0.25) is 0 Å².